The Morgan fingerprint density at radius 3 is 2.55 bits per heavy atom. The van der Waals surface area contributed by atoms with Crippen molar-refractivity contribution in [2.24, 2.45) is 5.73 Å². The summed E-state index contributed by atoms with van der Waals surface area (Å²) < 4.78 is 32.6. The summed E-state index contributed by atoms with van der Waals surface area (Å²) in [4.78, 5) is 0. The smallest absolute Gasteiger partial charge is 0.201 e. The lowest BCUT2D eigenvalue weighted by Crippen LogP contribution is -2.12. The standard InChI is InChI=1S/C13H8BrClF2N2O/c14-6-3-9(16)12(17)11(4-6)20-10-2-1-7(15)5-8(10)13(18)19/h1-5H,(H3,18,19). The van der Waals surface area contributed by atoms with Crippen LogP contribution in [0.2, 0.25) is 5.02 Å². The molecule has 0 heterocycles. The molecule has 2 aromatic rings. The van der Waals surface area contributed by atoms with Gasteiger partial charge in [0.05, 0.1) is 5.56 Å². The number of nitrogens with two attached hydrogens (primary N) is 1. The zero-order valence-corrected chi connectivity index (χ0v) is 12.2. The van der Waals surface area contributed by atoms with Crippen LogP contribution in [0.3, 0.4) is 0 Å². The van der Waals surface area contributed by atoms with Crippen molar-refractivity contribution in [2.45, 2.75) is 0 Å². The summed E-state index contributed by atoms with van der Waals surface area (Å²) in [5.74, 6) is -2.68. The minimum atomic E-state index is -1.13. The van der Waals surface area contributed by atoms with Crippen molar-refractivity contribution in [2.75, 3.05) is 0 Å². The van der Waals surface area contributed by atoms with Crippen molar-refractivity contribution >= 4 is 33.4 Å². The second kappa shape index (κ2) is 5.76. The van der Waals surface area contributed by atoms with Gasteiger partial charge in [0.25, 0.3) is 0 Å². The first-order chi connectivity index (χ1) is 9.38. The number of hydrogen-bond donors (Lipinski definition) is 2. The first-order valence-electron chi connectivity index (χ1n) is 5.35. The number of hydrogen-bond acceptors (Lipinski definition) is 2. The molecule has 0 aliphatic heterocycles. The molecular weight excluding hydrogens is 354 g/mol. The van der Waals surface area contributed by atoms with E-state index in [4.69, 9.17) is 27.5 Å². The third kappa shape index (κ3) is 3.08. The molecular formula is C13H8BrClF2N2O. The van der Waals surface area contributed by atoms with Crippen LogP contribution in [0.25, 0.3) is 0 Å². The van der Waals surface area contributed by atoms with E-state index in [1.165, 1.54) is 24.3 Å². The van der Waals surface area contributed by atoms with E-state index < -0.39 is 11.6 Å². The molecule has 0 aliphatic carbocycles. The van der Waals surface area contributed by atoms with E-state index in [-0.39, 0.29) is 22.9 Å². The Morgan fingerprint density at radius 2 is 1.90 bits per heavy atom. The van der Waals surface area contributed by atoms with Crippen molar-refractivity contribution < 1.29 is 13.5 Å². The first kappa shape index (κ1) is 14.7. The molecule has 3 N–H and O–H groups in total. The van der Waals surface area contributed by atoms with Crippen molar-refractivity contribution in [3.05, 3.63) is 57.0 Å². The molecule has 0 aromatic heterocycles. The predicted octanol–water partition coefficient (Wildman–Crippen LogP) is 4.46. The molecule has 20 heavy (non-hydrogen) atoms. The second-order valence-electron chi connectivity index (χ2n) is 3.86. The van der Waals surface area contributed by atoms with Crippen molar-refractivity contribution in [3.8, 4) is 11.5 Å². The van der Waals surface area contributed by atoms with Gasteiger partial charge in [-0.15, -0.1) is 0 Å². The maximum atomic E-state index is 13.6. The molecule has 0 saturated carbocycles. The van der Waals surface area contributed by atoms with Gasteiger partial charge in [0, 0.05) is 9.50 Å². The highest BCUT2D eigenvalue weighted by Gasteiger charge is 2.15. The van der Waals surface area contributed by atoms with E-state index in [0.29, 0.717) is 9.50 Å². The molecule has 0 fully saturated rings. The van der Waals surface area contributed by atoms with E-state index in [1.54, 1.807) is 0 Å². The van der Waals surface area contributed by atoms with Crippen LogP contribution in [0.5, 0.6) is 11.5 Å². The predicted molar refractivity (Wildman–Crippen MR) is 76.6 cm³/mol. The topological polar surface area (TPSA) is 59.1 Å². The highest BCUT2D eigenvalue weighted by Crippen LogP contribution is 2.32. The summed E-state index contributed by atoms with van der Waals surface area (Å²) in [5.41, 5.74) is 5.59. The van der Waals surface area contributed by atoms with Crippen LogP contribution < -0.4 is 10.5 Å². The quantitative estimate of drug-likeness (QED) is 0.482. The van der Waals surface area contributed by atoms with Crippen LogP contribution >= 0.6 is 27.5 Å². The minimum Gasteiger partial charge on any atom is -0.453 e. The Balaban J connectivity index is 2.48. The average molecular weight is 362 g/mol. The largest absolute Gasteiger partial charge is 0.453 e. The number of amidine groups is 1. The molecule has 0 spiro atoms. The van der Waals surface area contributed by atoms with Gasteiger partial charge in [0.15, 0.2) is 11.6 Å². The van der Waals surface area contributed by atoms with Crippen molar-refractivity contribution in [1.82, 2.24) is 0 Å². The average Bonchev–Trinajstić information content (AvgIpc) is 2.37. The molecule has 7 heteroatoms. The molecule has 0 saturated heterocycles. The monoisotopic (exact) mass is 360 g/mol. The Bertz CT molecular complexity index is 694. The Morgan fingerprint density at radius 1 is 1.20 bits per heavy atom. The fourth-order valence-electron chi connectivity index (χ4n) is 1.53. The van der Waals surface area contributed by atoms with E-state index in [2.05, 4.69) is 15.9 Å². The summed E-state index contributed by atoms with van der Waals surface area (Å²) in [6, 6.07) is 6.59. The molecule has 104 valence electrons. The van der Waals surface area contributed by atoms with Gasteiger partial charge < -0.3 is 10.5 Å². The van der Waals surface area contributed by atoms with Gasteiger partial charge in [-0.1, -0.05) is 27.5 Å². The van der Waals surface area contributed by atoms with Gasteiger partial charge in [-0.25, -0.2) is 4.39 Å². The number of halogens is 4. The molecule has 0 atom stereocenters. The van der Waals surface area contributed by atoms with Gasteiger partial charge in [0.2, 0.25) is 5.82 Å². The fraction of sp³-hybridized carbons (Fsp3) is 0. The maximum Gasteiger partial charge on any atom is 0.201 e. The van der Waals surface area contributed by atoms with Crippen molar-refractivity contribution in [3.63, 3.8) is 0 Å². The van der Waals surface area contributed by atoms with Gasteiger partial charge >= 0.3 is 0 Å². The number of ether oxygens (including phenoxy) is 1. The minimum absolute atomic E-state index is 0.110. The molecule has 0 unspecified atom stereocenters. The van der Waals surface area contributed by atoms with E-state index in [9.17, 15) is 8.78 Å². The number of nitrogen functional groups attached to an aromatic ring is 1. The highest BCUT2D eigenvalue weighted by molar-refractivity contribution is 9.10. The number of nitrogens with one attached hydrogen (secondary N) is 1. The number of benzene rings is 2. The lowest BCUT2D eigenvalue weighted by molar-refractivity contribution is 0.415. The second-order valence-corrected chi connectivity index (χ2v) is 5.21. The van der Waals surface area contributed by atoms with Crippen LogP contribution in [0.15, 0.2) is 34.8 Å². The summed E-state index contributed by atoms with van der Waals surface area (Å²) in [6.07, 6.45) is 0. The summed E-state index contributed by atoms with van der Waals surface area (Å²) in [6.45, 7) is 0. The Labute approximate surface area is 126 Å². The van der Waals surface area contributed by atoms with Crippen LogP contribution in [0, 0.1) is 17.0 Å². The molecule has 0 bridgehead atoms. The normalized spacial score (nSPS) is 10.4. The van der Waals surface area contributed by atoms with E-state index in [1.807, 2.05) is 0 Å². The zero-order chi connectivity index (χ0) is 14.9. The SMILES string of the molecule is N=C(N)c1cc(Cl)ccc1Oc1cc(Br)cc(F)c1F. The third-order valence-corrected chi connectivity index (χ3v) is 3.10. The summed E-state index contributed by atoms with van der Waals surface area (Å²) in [7, 11) is 0. The van der Waals surface area contributed by atoms with Crippen molar-refractivity contribution in [1.29, 1.82) is 5.41 Å². The summed E-state index contributed by atoms with van der Waals surface area (Å²) >= 11 is 8.84. The summed E-state index contributed by atoms with van der Waals surface area (Å²) in [5, 5.41) is 7.79. The lowest BCUT2D eigenvalue weighted by Gasteiger charge is -2.12. The Kier molecular flexibility index (Phi) is 4.25. The molecule has 0 aliphatic rings. The zero-order valence-electron chi connectivity index (χ0n) is 9.88. The van der Waals surface area contributed by atoms with Crippen LogP contribution in [-0.2, 0) is 0 Å². The molecule has 0 amide bonds. The van der Waals surface area contributed by atoms with E-state index >= 15 is 0 Å². The highest BCUT2D eigenvalue weighted by atomic mass is 79.9. The molecule has 2 rings (SSSR count). The number of rotatable bonds is 3. The molecule has 0 radical (unpaired) electrons. The van der Waals surface area contributed by atoms with Crippen LogP contribution in [0.4, 0.5) is 8.78 Å². The first-order valence-corrected chi connectivity index (χ1v) is 6.52. The van der Waals surface area contributed by atoms with Gasteiger partial charge in [-0.2, -0.15) is 4.39 Å². The van der Waals surface area contributed by atoms with E-state index in [0.717, 1.165) is 6.07 Å². The maximum absolute atomic E-state index is 13.6. The third-order valence-electron chi connectivity index (χ3n) is 2.41. The van der Waals surface area contributed by atoms with Crippen LogP contribution in [0.1, 0.15) is 5.56 Å². The van der Waals surface area contributed by atoms with Gasteiger partial charge in [-0.05, 0) is 30.3 Å². The fourth-order valence-corrected chi connectivity index (χ4v) is 2.11. The Hall–Kier alpha value is -1.66. The van der Waals surface area contributed by atoms with Crippen LogP contribution in [-0.4, -0.2) is 5.84 Å². The molecule has 2 aromatic carbocycles. The van der Waals surface area contributed by atoms with Gasteiger partial charge in [0.1, 0.15) is 11.6 Å². The van der Waals surface area contributed by atoms with Gasteiger partial charge in [-0.3, -0.25) is 5.41 Å². The molecule has 3 nitrogen and oxygen atoms in total. The lowest BCUT2D eigenvalue weighted by atomic mass is 10.2.